The van der Waals surface area contributed by atoms with E-state index in [9.17, 15) is 4.79 Å². The number of amides is 1. The summed E-state index contributed by atoms with van der Waals surface area (Å²) in [6, 6.07) is 3.72. The normalized spacial score (nSPS) is 11.5. The van der Waals surface area contributed by atoms with Crippen molar-refractivity contribution in [3.8, 4) is 0 Å². The minimum Gasteiger partial charge on any atom is -0.459 e. The van der Waals surface area contributed by atoms with E-state index in [4.69, 9.17) is 16.0 Å². The number of hydrogen-bond acceptors (Lipinski definition) is 3. The zero-order chi connectivity index (χ0) is 19.1. The summed E-state index contributed by atoms with van der Waals surface area (Å²) in [6.45, 7) is 3.79. The van der Waals surface area contributed by atoms with E-state index >= 15 is 0 Å². The van der Waals surface area contributed by atoms with E-state index in [2.05, 4.69) is 15.6 Å². The van der Waals surface area contributed by atoms with Crippen molar-refractivity contribution in [3.05, 3.63) is 46.6 Å². The van der Waals surface area contributed by atoms with Gasteiger partial charge in [-0.2, -0.15) is 0 Å². The largest absolute Gasteiger partial charge is 0.459 e. The molecule has 2 aromatic heterocycles. The van der Waals surface area contributed by atoms with Crippen LogP contribution in [-0.2, 0) is 13.6 Å². The second-order valence-corrected chi connectivity index (χ2v) is 6.57. The van der Waals surface area contributed by atoms with Crippen molar-refractivity contribution >= 4 is 23.5 Å². The van der Waals surface area contributed by atoms with Crippen molar-refractivity contribution in [3.63, 3.8) is 0 Å². The Morgan fingerprint density at radius 2 is 2.12 bits per heavy atom. The summed E-state index contributed by atoms with van der Waals surface area (Å²) in [4.78, 5) is 18.3. The number of guanidine groups is 1. The van der Waals surface area contributed by atoms with Crippen molar-refractivity contribution in [2.45, 2.75) is 19.9 Å². The van der Waals surface area contributed by atoms with Gasteiger partial charge in [-0.3, -0.25) is 9.79 Å². The van der Waals surface area contributed by atoms with E-state index < -0.39 is 0 Å². The fourth-order valence-electron chi connectivity index (χ4n) is 2.60. The summed E-state index contributed by atoms with van der Waals surface area (Å²) >= 11 is 6.03. The Labute approximate surface area is 159 Å². The Balaban J connectivity index is 1.72. The van der Waals surface area contributed by atoms with Crippen LogP contribution in [-0.4, -0.2) is 48.5 Å². The first-order valence-electron chi connectivity index (χ1n) is 8.47. The Bertz CT molecular complexity index is 765. The van der Waals surface area contributed by atoms with E-state index in [-0.39, 0.29) is 5.91 Å². The van der Waals surface area contributed by atoms with Crippen LogP contribution < -0.4 is 10.6 Å². The van der Waals surface area contributed by atoms with Crippen LogP contribution >= 0.6 is 11.6 Å². The van der Waals surface area contributed by atoms with Crippen LogP contribution in [0.5, 0.6) is 0 Å². The molecule has 0 saturated heterocycles. The summed E-state index contributed by atoms with van der Waals surface area (Å²) in [5, 5.41) is 6.87. The van der Waals surface area contributed by atoms with Crippen LogP contribution in [0.3, 0.4) is 0 Å². The van der Waals surface area contributed by atoms with Crippen LogP contribution in [0.4, 0.5) is 0 Å². The number of rotatable bonds is 7. The molecule has 2 aromatic rings. The zero-order valence-corrected chi connectivity index (χ0v) is 16.4. The van der Waals surface area contributed by atoms with Crippen molar-refractivity contribution < 1.29 is 9.21 Å². The monoisotopic (exact) mass is 379 g/mol. The van der Waals surface area contributed by atoms with Crippen LogP contribution in [0, 0.1) is 6.92 Å². The van der Waals surface area contributed by atoms with Gasteiger partial charge in [0.05, 0.1) is 17.8 Å². The third-order valence-electron chi connectivity index (χ3n) is 4.04. The van der Waals surface area contributed by atoms with Gasteiger partial charge in [-0.15, -0.1) is 0 Å². The number of halogens is 1. The fourth-order valence-corrected chi connectivity index (χ4v) is 2.87. The quantitative estimate of drug-likeness (QED) is 0.440. The Morgan fingerprint density at radius 1 is 1.38 bits per heavy atom. The molecule has 2 N–H and O–H groups in total. The van der Waals surface area contributed by atoms with E-state index in [0.29, 0.717) is 25.4 Å². The fraction of sp³-hybridized carbons (Fsp3) is 0.444. The van der Waals surface area contributed by atoms with Crippen molar-refractivity contribution in [2.24, 2.45) is 12.0 Å². The molecule has 0 spiro atoms. The van der Waals surface area contributed by atoms with E-state index in [0.717, 1.165) is 28.7 Å². The minimum atomic E-state index is -0.186. The van der Waals surface area contributed by atoms with Crippen LogP contribution in [0.25, 0.3) is 0 Å². The summed E-state index contributed by atoms with van der Waals surface area (Å²) in [6.07, 6.45) is 4.17. The van der Waals surface area contributed by atoms with Gasteiger partial charge in [0, 0.05) is 51.7 Å². The number of hydrogen-bond donors (Lipinski definition) is 2. The first-order chi connectivity index (χ1) is 12.4. The maximum atomic E-state index is 12.0. The molecule has 0 aliphatic rings. The lowest BCUT2D eigenvalue weighted by Crippen LogP contribution is -2.40. The van der Waals surface area contributed by atoms with Gasteiger partial charge in [0.15, 0.2) is 11.7 Å². The molecule has 0 radical (unpaired) electrons. The number of aliphatic imine (C=N–C) groups is 1. The number of nitrogens with zero attached hydrogens (tertiary/aromatic N) is 3. The molecule has 0 aromatic carbocycles. The standard InChI is InChI=1S/C18H26ClN5O2/c1-13-6-9-26-16(13)17(25)21-7-5-8-22-18(20-2)24(4)12-15-10-14(19)11-23(15)3/h6,9-11H,5,7-8,12H2,1-4H3,(H,20,22)(H,21,25). The maximum Gasteiger partial charge on any atom is 0.287 e. The topological polar surface area (TPSA) is 74.8 Å². The van der Waals surface area contributed by atoms with E-state index in [1.54, 1.807) is 13.1 Å². The molecule has 142 valence electrons. The Morgan fingerprint density at radius 3 is 2.69 bits per heavy atom. The van der Waals surface area contributed by atoms with Crippen LogP contribution in [0.1, 0.15) is 28.2 Å². The van der Waals surface area contributed by atoms with Gasteiger partial charge >= 0.3 is 0 Å². The average Bonchev–Trinajstić information content (AvgIpc) is 3.15. The van der Waals surface area contributed by atoms with Gasteiger partial charge in [0.25, 0.3) is 5.91 Å². The lowest BCUT2D eigenvalue weighted by Gasteiger charge is -2.22. The van der Waals surface area contributed by atoms with Crippen molar-refractivity contribution in [1.82, 2.24) is 20.1 Å². The molecule has 0 bridgehead atoms. The van der Waals surface area contributed by atoms with Gasteiger partial charge < -0.3 is 24.5 Å². The van der Waals surface area contributed by atoms with Gasteiger partial charge in [0.1, 0.15) is 0 Å². The molecule has 7 nitrogen and oxygen atoms in total. The average molecular weight is 380 g/mol. The maximum absolute atomic E-state index is 12.0. The number of carbonyl (C=O) groups is 1. The highest BCUT2D eigenvalue weighted by molar-refractivity contribution is 6.30. The number of aryl methyl sites for hydroxylation is 2. The molecule has 2 heterocycles. The second-order valence-electron chi connectivity index (χ2n) is 6.13. The molecule has 0 atom stereocenters. The zero-order valence-electron chi connectivity index (χ0n) is 15.7. The molecular formula is C18H26ClN5O2. The summed E-state index contributed by atoms with van der Waals surface area (Å²) in [5.74, 6) is 0.972. The Hall–Kier alpha value is -2.41. The first kappa shape index (κ1) is 19.9. The van der Waals surface area contributed by atoms with Crippen molar-refractivity contribution in [2.75, 3.05) is 27.2 Å². The lowest BCUT2D eigenvalue weighted by molar-refractivity contribution is 0.0925. The van der Waals surface area contributed by atoms with Gasteiger partial charge in [0.2, 0.25) is 0 Å². The van der Waals surface area contributed by atoms with E-state index in [1.165, 1.54) is 6.26 Å². The molecular weight excluding hydrogens is 354 g/mol. The summed E-state index contributed by atoms with van der Waals surface area (Å²) < 4.78 is 7.17. The van der Waals surface area contributed by atoms with E-state index in [1.807, 2.05) is 42.7 Å². The first-order valence-corrected chi connectivity index (χ1v) is 8.85. The number of aromatic nitrogens is 1. The molecule has 8 heteroatoms. The predicted octanol–water partition coefficient (Wildman–Crippen LogP) is 2.41. The molecule has 0 unspecified atom stereocenters. The second kappa shape index (κ2) is 9.33. The molecule has 2 rings (SSSR count). The number of carbonyl (C=O) groups excluding carboxylic acids is 1. The Kier molecular flexibility index (Phi) is 7.15. The van der Waals surface area contributed by atoms with Gasteiger partial charge in [-0.1, -0.05) is 11.6 Å². The molecule has 0 saturated carbocycles. The summed E-state index contributed by atoms with van der Waals surface area (Å²) in [7, 11) is 5.69. The highest BCUT2D eigenvalue weighted by Crippen LogP contribution is 2.14. The molecule has 26 heavy (non-hydrogen) atoms. The SMILES string of the molecule is CN=C(NCCCNC(=O)c1occc1C)N(C)Cc1cc(Cl)cn1C. The lowest BCUT2D eigenvalue weighted by atomic mass is 10.2. The summed E-state index contributed by atoms with van der Waals surface area (Å²) in [5.41, 5.74) is 1.94. The highest BCUT2D eigenvalue weighted by atomic mass is 35.5. The highest BCUT2D eigenvalue weighted by Gasteiger charge is 2.12. The molecule has 1 amide bonds. The number of furan rings is 1. The van der Waals surface area contributed by atoms with Gasteiger partial charge in [-0.25, -0.2) is 0 Å². The predicted molar refractivity (Wildman–Crippen MR) is 104 cm³/mol. The van der Waals surface area contributed by atoms with Crippen LogP contribution in [0.15, 0.2) is 34.0 Å². The van der Waals surface area contributed by atoms with Crippen molar-refractivity contribution in [1.29, 1.82) is 0 Å². The smallest absolute Gasteiger partial charge is 0.287 e. The molecule has 0 fully saturated rings. The third kappa shape index (κ3) is 5.29. The van der Waals surface area contributed by atoms with Crippen LogP contribution in [0.2, 0.25) is 5.02 Å². The minimum absolute atomic E-state index is 0.186. The third-order valence-corrected chi connectivity index (χ3v) is 4.24. The number of nitrogens with one attached hydrogen (secondary N) is 2. The molecule has 0 aliphatic heterocycles. The molecule has 0 aliphatic carbocycles. The van der Waals surface area contributed by atoms with Gasteiger partial charge in [-0.05, 0) is 25.5 Å².